The largest absolute Gasteiger partial charge is 0.497 e. The summed E-state index contributed by atoms with van der Waals surface area (Å²) in [6, 6.07) is 20.2. The van der Waals surface area contributed by atoms with Gasteiger partial charge in [0.25, 0.3) is 0 Å². The molecule has 0 fully saturated rings. The highest BCUT2D eigenvalue weighted by Crippen LogP contribution is 2.31. The Bertz CT molecular complexity index is 962. The number of aromatic nitrogens is 2. The molecule has 0 N–H and O–H groups in total. The van der Waals surface area contributed by atoms with E-state index >= 15 is 0 Å². The summed E-state index contributed by atoms with van der Waals surface area (Å²) < 4.78 is 5.23. The van der Waals surface area contributed by atoms with Crippen molar-refractivity contribution in [3.05, 3.63) is 66.9 Å². The van der Waals surface area contributed by atoms with Crippen molar-refractivity contribution >= 4 is 21.8 Å². The molecule has 2 aromatic heterocycles. The van der Waals surface area contributed by atoms with Gasteiger partial charge in [0.15, 0.2) is 0 Å². The summed E-state index contributed by atoms with van der Waals surface area (Å²) in [4.78, 5) is 9.31. The molecule has 2 heterocycles. The Balaban J connectivity index is 2.06. The zero-order valence-corrected chi connectivity index (χ0v) is 12.2. The second kappa shape index (κ2) is 5.11. The van der Waals surface area contributed by atoms with Gasteiger partial charge in [-0.3, -0.25) is 4.98 Å². The zero-order chi connectivity index (χ0) is 14.9. The summed E-state index contributed by atoms with van der Waals surface area (Å²) in [5, 5.41) is 2.23. The second-order valence-electron chi connectivity index (χ2n) is 5.11. The van der Waals surface area contributed by atoms with Crippen molar-refractivity contribution in [3.63, 3.8) is 0 Å². The lowest BCUT2D eigenvalue weighted by atomic mass is 10.0. The fourth-order valence-electron chi connectivity index (χ4n) is 2.74. The third-order valence-corrected chi connectivity index (χ3v) is 3.82. The van der Waals surface area contributed by atoms with Gasteiger partial charge < -0.3 is 4.74 Å². The predicted molar refractivity (Wildman–Crippen MR) is 89.0 cm³/mol. The summed E-state index contributed by atoms with van der Waals surface area (Å²) >= 11 is 0. The molecule has 3 nitrogen and oxygen atoms in total. The van der Waals surface area contributed by atoms with E-state index < -0.39 is 0 Å². The van der Waals surface area contributed by atoms with Crippen molar-refractivity contribution < 1.29 is 4.74 Å². The second-order valence-corrected chi connectivity index (χ2v) is 5.11. The van der Waals surface area contributed by atoms with Gasteiger partial charge in [-0.2, -0.15) is 0 Å². The molecule has 0 atom stereocenters. The lowest BCUT2D eigenvalue weighted by Gasteiger charge is -2.09. The average molecular weight is 286 g/mol. The average Bonchev–Trinajstić information content (AvgIpc) is 2.61. The molecule has 0 bridgehead atoms. The number of benzene rings is 2. The van der Waals surface area contributed by atoms with E-state index in [1.807, 2.05) is 54.7 Å². The highest BCUT2D eigenvalue weighted by atomic mass is 16.5. The Kier molecular flexibility index (Phi) is 2.97. The van der Waals surface area contributed by atoms with E-state index in [0.717, 1.165) is 38.8 Å². The molecule has 2 aromatic carbocycles. The van der Waals surface area contributed by atoms with E-state index in [1.165, 1.54) is 0 Å². The number of fused-ring (bicyclic) bond motifs is 3. The first-order chi connectivity index (χ1) is 10.9. The summed E-state index contributed by atoms with van der Waals surface area (Å²) in [7, 11) is 1.67. The van der Waals surface area contributed by atoms with Gasteiger partial charge in [-0.05, 0) is 36.4 Å². The van der Waals surface area contributed by atoms with Crippen molar-refractivity contribution in [2.24, 2.45) is 0 Å². The Morgan fingerprint density at radius 1 is 0.818 bits per heavy atom. The van der Waals surface area contributed by atoms with Gasteiger partial charge in [-0.25, -0.2) is 4.98 Å². The summed E-state index contributed by atoms with van der Waals surface area (Å²) in [5.74, 6) is 0.843. The summed E-state index contributed by atoms with van der Waals surface area (Å²) in [6.07, 6.45) is 1.81. The highest BCUT2D eigenvalue weighted by molar-refractivity contribution is 6.08. The summed E-state index contributed by atoms with van der Waals surface area (Å²) in [6.45, 7) is 0. The van der Waals surface area contributed by atoms with Crippen LogP contribution in [-0.4, -0.2) is 17.1 Å². The van der Waals surface area contributed by atoms with Crippen LogP contribution in [0, 0.1) is 0 Å². The van der Waals surface area contributed by atoms with Gasteiger partial charge >= 0.3 is 0 Å². The predicted octanol–water partition coefficient (Wildman–Crippen LogP) is 4.46. The van der Waals surface area contributed by atoms with E-state index in [9.17, 15) is 0 Å². The Labute approximate surface area is 128 Å². The maximum absolute atomic E-state index is 5.23. The first kappa shape index (κ1) is 12.8. The normalized spacial score (nSPS) is 11.0. The van der Waals surface area contributed by atoms with Crippen LogP contribution < -0.4 is 4.74 Å². The monoisotopic (exact) mass is 286 g/mol. The van der Waals surface area contributed by atoms with Gasteiger partial charge in [-0.15, -0.1) is 0 Å². The third-order valence-electron chi connectivity index (χ3n) is 3.82. The Morgan fingerprint density at radius 3 is 2.36 bits per heavy atom. The first-order valence-corrected chi connectivity index (χ1v) is 7.15. The molecule has 0 radical (unpaired) electrons. The van der Waals surface area contributed by atoms with Crippen molar-refractivity contribution in [3.8, 4) is 17.0 Å². The van der Waals surface area contributed by atoms with Crippen molar-refractivity contribution in [1.82, 2.24) is 9.97 Å². The molecule has 3 heteroatoms. The third kappa shape index (κ3) is 1.99. The van der Waals surface area contributed by atoms with Crippen molar-refractivity contribution in [2.75, 3.05) is 7.11 Å². The molecule has 0 unspecified atom stereocenters. The van der Waals surface area contributed by atoms with Crippen molar-refractivity contribution in [1.29, 1.82) is 0 Å². The maximum atomic E-state index is 5.23. The van der Waals surface area contributed by atoms with Crippen LogP contribution in [-0.2, 0) is 0 Å². The molecule has 0 aliphatic heterocycles. The van der Waals surface area contributed by atoms with E-state index in [1.54, 1.807) is 7.11 Å². The lowest BCUT2D eigenvalue weighted by molar-refractivity contribution is 0.415. The van der Waals surface area contributed by atoms with Crippen LogP contribution in [0.5, 0.6) is 5.75 Å². The van der Waals surface area contributed by atoms with Gasteiger partial charge in [0, 0.05) is 22.5 Å². The van der Waals surface area contributed by atoms with Crippen LogP contribution in [0.15, 0.2) is 66.9 Å². The number of hydrogen-bond acceptors (Lipinski definition) is 3. The fourth-order valence-corrected chi connectivity index (χ4v) is 2.74. The van der Waals surface area contributed by atoms with Crippen LogP contribution in [0.2, 0.25) is 0 Å². The molecule has 0 amide bonds. The van der Waals surface area contributed by atoms with E-state index in [4.69, 9.17) is 9.72 Å². The number of hydrogen-bond donors (Lipinski definition) is 0. The lowest BCUT2D eigenvalue weighted by Crippen LogP contribution is -1.91. The molecule has 0 aliphatic carbocycles. The van der Waals surface area contributed by atoms with Gasteiger partial charge in [0.05, 0.1) is 23.8 Å². The standard InChI is InChI=1S/C19H14N2O/c1-22-14-10-8-13(9-11-14)18-15-5-2-3-6-16(15)19-17(21-18)7-4-12-20-19/h2-12H,1H3. The van der Waals surface area contributed by atoms with Gasteiger partial charge in [0.1, 0.15) is 5.75 Å². The molecule has 0 spiro atoms. The Morgan fingerprint density at radius 2 is 1.59 bits per heavy atom. The Hall–Kier alpha value is -2.94. The molecule has 4 rings (SSSR count). The number of rotatable bonds is 2. The fraction of sp³-hybridized carbons (Fsp3) is 0.0526. The molecular weight excluding hydrogens is 272 g/mol. The van der Waals surface area contributed by atoms with Crippen LogP contribution in [0.1, 0.15) is 0 Å². The number of methoxy groups -OCH3 is 1. The number of pyridine rings is 2. The molecule has 0 saturated carbocycles. The smallest absolute Gasteiger partial charge is 0.118 e. The van der Waals surface area contributed by atoms with Crippen LogP contribution >= 0.6 is 0 Å². The van der Waals surface area contributed by atoms with Crippen molar-refractivity contribution in [2.45, 2.75) is 0 Å². The molecule has 22 heavy (non-hydrogen) atoms. The SMILES string of the molecule is COc1ccc(-c2nc3cccnc3c3ccccc23)cc1. The number of ether oxygens (including phenoxy) is 1. The van der Waals surface area contributed by atoms with Crippen LogP contribution in [0.25, 0.3) is 33.1 Å². The van der Waals surface area contributed by atoms with E-state index in [0.29, 0.717) is 0 Å². The maximum Gasteiger partial charge on any atom is 0.118 e. The highest BCUT2D eigenvalue weighted by Gasteiger charge is 2.10. The topological polar surface area (TPSA) is 35.0 Å². The van der Waals surface area contributed by atoms with E-state index in [2.05, 4.69) is 17.1 Å². The summed E-state index contributed by atoms with van der Waals surface area (Å²) in [5.41, 5.74) is 3.89. The van der Waals surface area contributed by atoms with Crippen LogP contribution in [0.4, 0.5) is 0 Å². The molecule has 0 saturated heterocycles. The minimum Gasteiger partial charge on any atom is -0.497 e. The molecule has 106 valence electrons. The minimum absolute atomic E-state index is 0.843. The molecule has 0 aliphatic rings. The first-order valence-electron chi connectivity index (χ1n) is 7.15. The minimum atomic E-state index is 0.843. The van der Waals surface area contributed by atoms with Gasteiger partial charge in [0.2, 0.25) is 0 Å². The van der Waals surface area contributed by atoms with Gasteiger partial charge in [-0.1, -0.05) is 24.3 Å². The molecular formula is C19H14N2O. The van der Waals surface area contributed by atoms with Crippen LogP contribution in [0.3, 0.4) is 0 Å². The van der Waals surface area contributed by atoms with E-state index in [-0.39, 0.29) is 0 Å². The zero-order valence-electron chi connectivity index (χ0n) is 12.2. The molecule has 4 aromatic rings. The quantitative estimate of drug-likeness (QED) is 0.510. The number of nitrogens with zero attached hydrogens (tertiary/aromatic N) is 2.